The van der Waals surface area contributed by atoms with Crippen molar-refractivity contribution in [1.82, 2.24) is 14.7 Å². The molecule has 1 aliphatic heterocycles. The summed E-state index contributed by atoms with van der Waals surface area (Å²) in [4.78, 5) is 25.4. The molecule has 0 unspecified atom stereocenters. The van der Waals surface area contributed by atoms with Crippen LogP contribution in [0.1, 0.15) is 16.8 Å². The van der Waals surface area contributed by atoms with Crippen LogP contribution in [-0.2, 0) is 9.53 Å². The summed E-state index contributed by atoms with van der Waals surface area (Å²) in [7, 11) is 0. The zero-order valence-electron chi connectivity index (χ0n) is 12.8. The van der Waals surface area contributed by atoms with E-state index in [2.05, 4.69) is 5.10 Å². The fourth-order valence-electron chi connectivity index (χ4n) is 2.69. The molecular weight excluding hydrogens is 334 g/mol. The lowest BCUT2D eigenvalue weighted by Crippen LogP contribution is -2.49. The smallest absolute Gasteiger partial charge is 0.305 e. The largest absolute Gasteiger partial charge is 0.481 e. The maximum atomic E-state index is 12.9. The molecule has 2 heterocycles. The number of ether oxygens (including phenoxy) is 1. The zero-order valence-corrected chi connectivity index (χ0v) is 13.5. The highest BCUT2D eigenvalue weighted by molar-refractivity contribution is 6.33. The van der Waals surface area contributed by atoms with Gasteiger partial charge in [-0.1, -0.05) is 11.6 Å². The van der Waals surface area contributed by atoms with Gasteiger partial charge in [-0.05, 0) is 24.3 Å². The van der Waals surface area contributed by atoms with Crippen LogP contribution in [0, 0.1) is 0 Å². The average molecular weight is 350 g/mol. The molecule has 1 N–H and O–H groups in total. The first-order valence-electron chi connectivity index (χ1n) is 7.46. The molecule has 3 rings (SSSR count). The number of benzene rings is 1. The molecule has 7 nitrogen and oxygen atoms in total. The Hall–Kier alpha value is -2.38. The van der Waals surface area contributed by atoms with Gasteiger partial charge in [-0.3, -0.25) is 9.59 Å². The first kappa shape index (κ1) is 16.5. The summed E-state index contributed by atoms with van der Waals surface area (Å²) in [6.07, 6.45) is 3.24. The number of aromatic nitrogens is 2. The molecule has 0 aliphatic carbocycles. The van der Waals surface area contributed by atoms with Gasteiger partial charge in [0, 0.05) is 18.9 Å². The van der Waals surface area contributed by atoms with Crippen molar-refractivity contribution in [3.05, 3.63) is 47.2 Å². The molecule has 0 bridgehead atoms. The lowest BCUT2D eigenvalue weighted by Gasteiger charge is -2.35. The van der Waals surface area contributed by atoms with E-state index in [1.165, 1.54) is 4.90 Å². The molecular formula is C16H16ClN3O4. The molecule has 2 aromatic rings. The Morgan fingerprint density at radius 3 is 2.96 bits per heavy atom. The van der Waals surface area contributed by atoms with E-state index >= 15 is 0 Å². The molecule has 1 aliphatic rings. The molecule has 8 heteroatoms. The Morgan fingerprint density at radius 2 is 2.25 bits per heavy atom. The molecule has 1 aromatic carbocycles. The fraction of sp³-hybridized carbons (Fsp3) is 0.312. The van der Waals surface area contributed by atoms with Gasteiger partial charge >= 0.3 is 5.97 Å². The highest BCUT2D eigenvalue weighted by Crippen LogP contribution is 2.23. The summed E-state index contributed by atoms with van der Waals surface area (Å²) >= 11 is 6.20. The van der Waals surface area contributed by atoms with Crippen LogP contribution in [0.25, 0.3) is 5.69 Å². The van der Waals surface area contributed by atoms with Crippen LogP contribution >= 0.6 is 11.6 Å². The average Bonchev–Trinajstić information content (AvgIpc) is 3.09. The third-order valence-electron chi connectivity index (χ3n) is 3.85. The van der Waals surface area contributed by atoms with Gasteiger partial charge in [0.1, 0.15) is 0 Å². The maximum Gasteiger partial charge on any atom is 0.305 e. The van der Waals surface area contributed by atoms with Crippen LogP contribution < -0.4 is 0 Å². The Bertz CT molecular complexity index is 748. The molecule has 126 valence electrons. The van der Waals surface area contributed by atoms with Gasteiger partial charge < -0.3 is 14.7 Å². The number of rotatable bonds is 4. The van der Waals surface area contributed by atoms with Crippen molar-refractivity contribution < 1.29 is 19.4 Å². The predicted molar refractivity (Wildman–Crippen MR) is 86.5 cm³/mol. The van der Waals surface area contributed by atoms with Crippen LogP contribution in [0.3, 0.4) is 0 Å². The molecule has 24 heavy (non-hydrogen) atoms. The van der Waals surface area contributed by atoms with Crippen molar-refractivity contribution in [2.45, 2.75) is 12.5 Å². The van der Waals surface area contributed by atoms with Gasteiger partial charge in [0.25, 0.3) is 5.91 Å². The summed E-state index contributed by atoms with van der Waals surface area (Å²) in [6.45, 7) is 0.909. The number of hydrogen-bond donors (Lipinski definition) is 1. The predicted octanol–water partition coefficient (Wildman–Crippen LogP) is 1.84. The topological polar surface area (TPSA) is 84.7 Å². The Balaban J connectivity index is 1.90. The second kappa shape index (κ2) is 7.02. The molecule has 0 saturated carbocycles. The summed E-state index contributed by atoms with van der Waals surface area (Å²) in [5.74, 6) is -1.27. The van der Waals surface area contributed by atoms with Crippen LogP contribution in [0.2, 0.25) is 5.02 Å². The van der Waals surface area contributed by atoms with Crippen molar-refractivity contribution in [3.8, 4) is 5.69 Å². The van der Waals surface area contributed by atoms with Gasteiger partial charge in [0.05, 0.1) is 41.9 Å². The first-order valence-corrected chi connectivity index (χ1v) is 7.84. The fourth-order valence-corrected chi connectivity index (χ4v) is 2.89. The number of nitrogens with zero attached hydrogens (tertiary/aromatic N) is 3. The van der Waals surface area contributed by atoms with Gasteiger partial charge in [-0.15, -0.1) is 0 Å². The minimum Gasteiger partial charge on any atom is -0.481 e. The van der Waals surface area contributed by atoms with Crippen molar-refractivity contribution >= 4 is 23.5 Å². The van der Waals surface area contributed by atoms with E-state index in [0.29, 0.717) is 29.4 Å². The number of amides is 1. The molecule has 1 amide bonds. The number of halogens is 1. The third-order valence-corrected chi connectivity index (χ3v) is 4.18. The molecule has 1 saturated heterocycles. The summed E-state index contributed by atoms with van der Waals surface area (Å²) in [5, 5.41) is 13.5. The van der Waals surface area contributed by atoms with Gasteiger partial charge in [-0.25, -0.2) is 4.68 Å². The lowest BCUT2D eigenvalue weighted by molar-refractivity contribution is -0.139. The van der Waals surface area contributed by atoms with Gasteiger partial charge in [-0.2, -0.15) is 5.10 Å². The summed E-state index contributed by atoms with van der Waals surface area (Å²) < 4.78 is 6.93. The Kier molecular flexibility index (Phi) is 4.82. The number of carbonyl (C=O) groups excluding carboxylic acids is 1. The zero-order chi connectivity index (χ0) is 17.1. The monoisotopic (exact) mass is 349 g/mol. The van der Waals surface area contributed by atoms with Crippen LogP contribution in [0.4, 0.5) is 0 Å². The van der Waals surface area contributed by atoms with Crippen molar-refractivity contribution in [1.29, 1.82) is 0 Å². The van der Waals surface area contributed by atoms with Crippen LogP contribution in [0.15, 0.2) is 36.7 Å². The van der Waals surface area contributed by atoms with Crippen LogP contribution in [-0.4, -0.2) is 57.5 Å². The number of morpholine rings is 1. The second-order valence-corrected chi connectivity index (χ2v) is 5.85. The van der Waals surface area contributed by atoms with E-state index in [4.69, 9.17) is 21.4 Å². The molecule has 0 spiro atoms. The Morgan fingerprint density at radius 1 is 1.42 bits per heavy atom. The van der Waals surface area contributed by atoms with Crippen LogP contribution in [0.5, 0.6) is 0 Å². The highest BCUT2D eigenvalue weighted by Gasteiger charge is 2.30. The van der Waals surface area contributed by atoms with Crippen molar-refractivity contribution in [3.63, 3.8) is 0 Å². The van der Waals surface area contributed by atoms with E-state index in [0.717, 1.165) is 0 Å². The normalized spacial score (nSPS) is 17.7. The molecule has 1 aromatic heterocycles. The highest BCUT2D eigenvalue weighted by atomic mass is 35.5. The Labute approximate surface area is 143 Å². The maximum absolute atomic E-state index is 12.9. The minimum absolute atomic E-state index is 0.164. The van der Waals surface area contributed by atoms with E-state index in [1.54, 1.807) is 41.3 Å². The van der Waals surface area contributed by atoms with E-state index in [1.807, 2.05) is 0 Å². The quantitative estimate of drug-likeness (QED) is 0.910. The second-order valence-electron chi connectivity index (χ2n) is 5.44. The summed E-state index contributed by atoms with van der Waals surface area (Å²) in [5.41, 5.74) is 1.03. The van der Waals surface area contributed by atoms with E-state index < -0.39 is 12.0 Å². The number of hydrogen-bond acceptors (Lipinski definition) is 4. The van der Waals surface area contributed by atoms with Crippen molar-refractivity contribution in [2.24, 2.45) is 0 Å². The van der Waals surface area contributed by atoms with Gasteiger partial charge in [0.2, 0.25) is 0 Å². The molecule has 0 radical (unpaired) electrons. The SMILES string of the molecule is O=C(O)C[C@H]1COCCN1C(=O)c1cc(-n2cccn2)ccc1Cl. The van der Waals surface area contributed by atoms with Crippen molar-refractivity contribution in [2.75, 3.05) is 19.8 Å². The van der Waals surface area contributed by atoms with Gasteiger partial charge in [0.15, 0.2) is 0 Å². The van der Waals surface area contributed by atoms with E-state index in [-0.39, 0.29) is 18.9 Å². The standard InChI is InChI=1S/C16H16ClN3O4/c17-14-3-2-11(20-5-1-4-18-20)8-13(14)16(23)19-6-7-24-10-12(19)9-15(21)22/h1-5,8,12H,6-7,9-10H2,(H,21,22)/t12-/m0/s1. The minimum atomic E-state index is -0.973. The molecule has 1 atom stereocenters. The molecule has 1 fully saturated rings. The number of carboxylic acids is 1. The first-order chi connectivity index (χ1) is 11.6. The number of carbonyl (C=O) groups is 2. The number of aliphatic carboxylic acids is 1. The van der Waals surface area contributed by atoms with E-state index in [9.17, 15) is 9.59 Å². The third kappa shape index (κ3) is 3.42. The number of carboxylic acid groups (broad SMARTS) is 1. The summed E-state index contributed by atoms with van der Waals surface area (Å²) in [6, 6.07) is 6.33. The lowest BCUT2D eigenvalue weighted by atomic mass is 10.1.